The first-order chi connectivity index (χ1) is 11.4. The van der Waals surface area contributed by atoms with Gasteiger partial charge in [0.2, 0.25) is 5.95 Å². The molecule has 0 atom stereocenters. The van der Waals surface area contributed by atoms with Crippen LogP contribution in [0.1, 0.15) is 50.7 Å². The molecule has 0 aliphatic carbocycles. The third kappa shape index (κ3) is 4.10. The minimum Gasteiger partial charge on any atom is -0.338 e. The molecular weight excluding hydrogens is 300 g/mol. The van der Waals surface area contributed by atoms with Crippen molar-refractivity contribution >= 4 is 17.5 Å². The average molecular weight is 326 g/mol. The summed E-state index contributed by atoms with van der Waals surface area (Å²) in [5.41, 5.74) is 2.54. The van der Waals surface area contributed by atoms with Crippen molar-refractivity contribution in [3.63, 3.8) is 0 Å². The highest BCUT2D eigenvalue weighted by atomic mass is 16.2. The van der Waals surface area contributed by atoms with E-state index in [9.17, 15) is 4.79 Å². The lowest BCUT2D eigenvalue weighted by Crippen LogP contribution is -2.31. The lowest BCUT2D eigenvalue weighted by atomic mass is 9.86. The van der Waals surface area contributed by atoms with Gasteiger partial charge in [0, 0.05) is 25.0 Å². The van der Waals surface area contributed by atoms with E-state index in [0.29, 0.717) is 24.7 Å². The zero-order valence-electron chi connectivity index (χ0n) is 15.1. The van der Waals surface area contributed by atoms with Crippen LogP contribution in [0.5, 0.6) is 0 Å². The molecule has 5 heteroatoms. The van der Waals surface area contributed by atoms with Gasteiger partial charge in [-0.15, -0.1) is 0 Å². The number of para-hydroxylation sites is 1. The van der Waals surface area contributed by atoms with Gasteiger partial charge in [-0.3, -0.25) is 4.79 Å². The van der Waals surface area contributed by atoms with Crippen LogP contribution >= 0.6 is 0 Å². The number of aromatic nitrogens is 2. The smallest absolute Gasteiger partial charge is 0.272 e. The van der Waals surface area contributed by atoms with Crippen molar-refractivity contribution in [3.8, 4) is 0 Å². The summed E-state index contributed by atoms with van der Waals surface area (Å²) in [4.78, 5) is 22.8. The predicted octanol–water partition coefficient (Wildman–Crippen LogP) is 4.00. The number of anilines is 2. The minimum atomic E-state index is -0.0745. The molecule has 0 unspecified atom stereocenters. The zero-order chi connectivity index (χ0) is 17.7. The fourth-order valence-electron chi connectivity index (χ4n) is 2.58. The van der Waals surface area contributed by atoms with Crippen molar-refractivity contribution in [2.75, 3.05) is 18.4 Å². The Bertz CT molecular complexity index is 703. The van der Waals surface area contributed by atoms with Crippen LogP contribution in [0, 0.1) is 0 Å². The second-order valence-electron chi connectivity index (χ2n) is 6.66. The number of hydrogen-bond acceptors (Lipinski definition) is 4. The number of hydrogen-bond donors (Lipinski definition) is 1. The molecular formula is C19H26N4O. The van der Waals surface area contributed by atoms with Gasteiger partial charge in [-0.1, -0.05) is 39.0 Å². The van der Waals surface area contributed by atoms with Gasteiger partial charge in [0.05, 0.1) is 0 Å². The van der Waals surface area contributed by atoms with Gasteiger partial charge in [-0.05, 0) is 37.0 Å². The summed E-state index contributed by atoms with van der Waals surface area (Å²) >= 11 is 0. The van der Waals surface area contributed by atoms with Gasteiger partial charge in [-0.25, -0.2) is 9.97 Å². The van der Waals surface area contributed by atoms with Crippen molar-refractivity contribution in [1.29, 1.82) is 0 Å². The molecule has 1 heterocycles. The third-order valence-corrected chi connectivity index (χ3v) is 3.91. The Labute approximate surface area is 144 Å². The van der Waals surface area contributed by atoms with E-state index < -0.39 is 0 Å². The third-order valence-electron chi connectivity index (χ3n) is 3.91. The summed E-state index contributed by atoms with van der Waals surface area (Å²) in [6.07, 6.45) is 1.62. The average Bonchev–Trinajstić information content (AvgIpc) is 2.55. The second-order valence-corrected chi connectivity index (χ2v) is 6.66. The SMILES string of the molecule is CCN(CC)C(=O)c1ccnc(Nc2ccccc2C(C)(C)C)n1. The molecule has 0 aliphatic rings. The summed E-state index contributed by atoms with van der Waals surface area (Å²) in [5, 5.41) is 3.26. The highest BCUT2D eigenvalue weighted by Gasteiger charge is 2.19. The van der Waals surface area contributed by atoms with E-state index in [0.717, 1.165) is 5.69 Å². The van der Waals surface area contributed by atoms with Gasteiger partial charge in [0.15, 0.2) is 0 Å². The molecule has 128 valence electrons. The fourth-order valence-corrected chi connectivity index (χ4v) is 2.58. The number of rotatable bonds is 5. The number of nitrogens with one attached hydrogen (secondary N) is 1. The van der Waals surface area contributed by atoms with Crippen LogP contribution in [0.15, 0.2) is 36.5 Å². The van der Waals surface area contributed by atoms with Crippen LogP contribution in [0.2, 0.25) is 0 Å². The molecule has 1 aromatic heterocycles. The molecule has 0 aliphatic heterocycles. The molecule has 1 aromatic carbocycles. The summed E-state index contributed by atoms with van der Waals surface area (Å²) in [6.45, 7) is 11.7. The number of carbonyl (C=O) groups excluding carboxylic acids is 1. The van der Waals surface area contributed by atoms with Gasteiger partial charge in [-0.2, -0.15) is 0 Å². The minimum absolute atomic E-state index is 0.00174. The van der Waals surface area contributed by atoms with Gasteiger partial charge in [0.25, 0.3) is 5.91 Å². The van der Waals surface area contributed by atoms with Crippen LogP contribution in [0.4, 0.5) is 11.6 Å². The van der Waals surface area contributed by atoms with Crippen molar-refractivity contribution < 1.29 is 4.79 Å². The quantitative estimate of drug-likeness (QED) is 0.902. The Morgan fingerprint density at radius 1 is 1.12 bits per heavy atom. The zero-order valence-corrected chi connectivity index (χ0v) is 15.1. The molecule has 0 saturated heterocycles. The van der Waals surface area contributed by atoms with Crippen molar-refractivity contribution in [2.24, 2.45) is 0 Å². The van der Waals surface area contributed by atoms with E-state index >= 15 is 0 Å². The second kappa shape index (κ2) is 7.43. The molecule has 2 aromatic rings. The molecule has 5 nitrogen and oxygen atoms in total. The van der Waals surface area contributed by atoms with E-state index in [1.165, 1.54) is 5.56 Å². The molecule has 1 N–H and O–H groups in total. The van der Waals surface area contributed by atoms with Crippen LogP contribution in [0.3, 0.4) is 0 Å². The fraction of sp³-hybridized carbons (Fsp3) is 0.421. The van der Waals surface area contributed by atoms with Gasteiger partial charge >= 0.3 is 0 Å². The summed E-state index contributed by atoms with van der Waals surface area (Å²) in [7, 11) is 0. The standard InChI is InChI=1S/C19H26N4O/c1-6-23(7-2)17(24)16-12-13-20-18(22-16)21-15-11-9-8-10-14(15)19(3,4)5/h8-13H,6-7H2,1-5H3,(H,20,21,22). The highest BCUT2D eigenvalue weighted by Crippen LogP contribution is 2.30. The normalized spacial score (nSPS) is 11.2. The maximum Gasteiger partial charge on any atom is 0.272 e. The molecule has 24 heavy (non-hydrogen) atoms. The molecule has 0 spiro atoms. The Hall–Kier alpha value is -2.43. The maximum atomic E-state index is 12.4. The van der Waals surface area contributed by atoms with Crippen molar-refractivity contribution in [3.05, 3.63) is 47.8 Å². The van der Waals surface area contributed by atoms with E-state index in [1.54, 1.807) is 17.2 Å². The van der Waals surface area contributed by atoms with Crippen LogP contribution < -0.4 is 5.32 Å². The number of nitrogens with zero attached hydrogens (tertiary/aromatic N) is 3. The maximum absolute atomic E-state index is 12.4. The van der Waals surface area contributed by atoms with Crippen LogP contribution in [0.25, 0.3) is 0 Å². The highest BCUT2D eigenvalue weighted by molar-refractivity contribution is 5.92. The Morgan fingerprint density at radius 3 is 2.42 bits per heavy atom. The monoisotopic (exact) mass is 326 g/mol. The summed E-state index contributed by atoms with van der Waals surface area (Å²) in [6, 6.07) is 9.74. The summed E-state index contributed by atoms with van der Waals surface area (Å²) in [5.74, 6) is 0.360. The molecule has 0 radical (unpaired) electrons. The molecule has 1 amide bonds. The van der Waals surface area contributed by atoms with Crippen molar-refractivity contribution in [2.45, 2.75) is 40.0 Å². The topological polar surface area (TPSA) is 58.1 Å². The molecule has 0 bridgehead atoms. The van der Waals surface area contributed by atoms with E-state index in [4.69, 9.17) is 0 Å². The lowest BCUT2D eigenvalue weighted by molar-refractivity contribution is 0.0767. The number of benzene rings is 1. The van der Waals surface area contributed by atoms with E-state index in [1.807, 2.05) is 32.0 Å². The van der Waals surface area contributed by atoms with E-state index in [-0.39, 0.29) is 11.3 Å². The number of carbonyl (C=O) groups is 1. The largest absolute Gasteiger partial charge is 0.338 e. The number of amides is 1. The van der Waals surface area contributed by atoms with Crippen LogP contribution in [-0.4, -0.2) is 33.9 Å². The van der Waals surface area contributed by atoms with Crippen LogP contribution in [-0.2, 0) is 5.41 Å². The Kier molecular flexibility index (Phi) is 5.54. The van der Waals surface area contributed by atoms with Gasteiger partial charge in [0.1, 0.15) is 5.69 Å². The first-order valence-corrected chi connectivity index (χ1v) is 8.35. The molecule has 0 saturated carbocycles. The predicted molar refractivity (Wildman–Crippen MR) is 97.7 cm³/mol. The Morgan fingerprint density at radius 2 is 1.79 bits per heavy atom. The molecule has 0 fully saturated rings. The Balaban J connectivity index is 2.30. The van der Waals surface area contributed by atoms with Gasteiger partial charge < -0.3 is 10.2 Å². The first kappa shape index (κ1) is 17.9. The summed E-state index contributed by atoms with van der Waals surface area (Å²) < 4.78 is 0. The molecule has 2 rings (SSSR count). The first-order valence-electron chi connectivity index (χ1n) is 8.35. The van der Waals surface area contributed by atoms with Crippen molar-refractivity contribution in [1.82, 2.24) is 14.9 Å². The lowest BCUT2D eigenvalue weighted by Gasteiger charge is -2.23. The van der Waals surface area contributed by atoms with E-state index in [2.05, 4.69) is 42.1 Å².